The summed E-state index contributed by atoms with van der Waals surface area (Å²) in [6.45, 7) is 0.581. The fourth-order valence-corrected chi connectivity index (χ4v) is 2.48. The molecule has 98 valence electrons. The maximum atomic E-state index is 11.9. The zero-order valence-corrected chi connectivity index (χ0v) is 10.9. The Morgan fingerprint density at radius 3 is 2.84 bits per heavy atom. The van der Waals surface area contributed by atoms with Gasteiger partial charge in [-0.3, -0.25) is 14.5 Å². The molecule has 5 nitrogen and oxygen atoms in total. The number of fused-ring (bicyclic) bond motifs is 1. The van der Waals surface area contributed by atoms with E-state index in [2.05, 4.69) is 9.97 Å². The Bertz CT molecular complexity index is 698. The van der Waals surface area contributed by atoms with Crippen molar-refractivity contribution in [2.45, 2.75) is 6.42 Å². The van der Waals surface area contributed by atoms with Crippen molar-refractivity contribution in [2.75, 3.05) is 17.3 Å². The first-order valence-electron chi connectivity index (χ1n) is 6.04. The van der Waals surface area contributed by atoms with E-state index in [-0.39, 0.29) is 17.4 Å². The third kappa shape index (κ3) is 2.21. The topological polar surface area (TPSA) is 66.1 Å². The molecule has 0 aromatic carbocycles. The number of anilines is 1. The molecule has 0 radical (unpaired) electrons. The predicted molar refractivity (Wildman–Crippen MR) is 73.5 cm³/mol. The van der Waals surface area contributed by atoms with E-state index in [0.717, 1.165) is 5.39 Å². The molecule has 1 aliphatic rings. The van der Waals surface area contributed by atoms with E-state index in [1.54, 1.807) is 17.0 Å². The molecule has 0 saturated carbocycles. The molecule has 0 spiro atoms. The van der Waals surface area contributed by atoms with Crippen molar-refractivity contribution in [3.05, 3.63) is 34.6 Å². The number of pyridine rings is 2. The van der Waals surface area contributed by atoms with Crippen LogP contribution in [-0.4, -0.2) is 28.3 Å². The van der Waals surface area contributed by atoms with Gasteiger partial charge in [-0.1, -0.05) is 0 Å². The van der Waals surface area contributed by atoms with Crippen LogP contribution in [0.1, 0.15) is 6.42 Å². The molecule has 3 rings (SSSR count). The first kappa shape index (κ1) is 12.2. The van der Waals surface area contributed by atoms with Gasteiger partial charge in [-0.25, -0.2) is 4.98 Å². The normalized spacial score (nSPS) is 19.3. The lowest BCUT2D eigenvalue weighted by molar-refractivity contribution is -0.117. The summed E-state index contributed by atoms with van der Waals surface area (Å²) in [5.41, 5.74) is 0.288. The molecule has 1 atom stereocenters. The van der Waals surface area contributed by atoms with E-state index < -0.39 is 0 Å². The maximum absolute atomic E-state index is 11.9. The van der Waals surface area contributed by atoms with Crippen LogP contribution in [0.3, 0.4) is 0 Å². The van der Waals surface area contributed by atoms with Crippen LogP contribution in [-0.2, 0) is 4.79 Å². The van der Waals surface area contributed by atoms with Gasteiger partial charge in [0.25, 0.3) is 0 Å². The molecule has 2 aromatic heterocycles. The molecule has 1 amide bonds. The molecule has 0 aliphatic carbocycles. The lowest BCUT2D eigenvalue weighted by Crippen LogP contribution is -2.25. The summed E-state index contributed by atoms with van der Waals surface area (Å²) in [5, 5.41) is 0.837. The highest BCUT2D eigenvalue weighted by molar-refractivity contribution is 6.18. The Balaban J connectivity index is 2.01. The lowest BCUT2D eigenvalue weighted by Gasteiger charge is -2.15. The summed E-state index contributed by atoms with van der Waals surface area (Å²) in [4.78, 5) is 31.8. The summed E-state index contributed by atoms with van der Waals surface area (Å²) in [7, 11) is 0. The molecular weight excluding hydrogens is 266 g/mol. The number of alkyl halides is 1. The standard InChI is InChI=1S/C13H12ClN3O2/c14-6-8-5-12(19)17(7-8)10-3-1-9-2-4-11(18)16-13(9)15-10/h1-4,8H,5-7H2,(H,15,16,18). The largest absolute Gasteiger partial charge is 0.307 e. The van der Waals surface area contributed by atoms with Crippen LogP contribution in [0.25, 0.3) is 11.0 Å². The Morgan fingerprint density at radius 2 is 2.11 bits per heavy atom. The van der Waals surface area contributed by atoms with Gasteiger partial charge in [0.05, 0.1) is 0 Å². The van der Waals surface area contributed by atoms with E-state index in [0.29, 0.717) is 30.3 Å². The molecule has 1 N–H and O–H groups in total. The number of carbonyl (C=O) groups excluding carboxylic acids is 1. The number of hydrogen-bond acceptors (Lipinski definition) is 3. The number of nitrogens with one attached hydrogen (secondary N) is 1. The van der Waals surface area contributed by atoms with Gasteiger partial charge >= 0.3 is 0 Å². The Morgan fingerprint density at radius 1 is 1.32 bits per heavy atom. The van der Waals surface area contributed by atoms with Crippen molar-refractivity contribution < 1.29 is 4.79 Å². The van der Waals surface area contributed by atoms with Gasteiger partial charge in [0.1, 0.15) is 11.5 Å². The minimum absolute atomic E-state index is 0.0239. The smallest absolute Gasteiger partial charge is 0.249 e. The van der Waals surface area contributed by atoms with Crippen LogP contribution in [0.2, 0.25) is 0 Å². The van der Waals surface area contributed by atoms with Crippen LogP contribution >= 0.6 is 11.6 Å². The number of rotatable bonds is 2. The number of nitrogens with zero attached hydrogens (tertiary/aromatic N) is 2. The Labute approximate surface area is 114 Å². The molecule has 3 heterocycles. The predicted octanol–water partition coefficient (Wildman–Crippen LogP) is 1.51. The van der Waals surface area contributed by atoms with Gasteiger partial charge in [-0.05, 0) is 24.1 Å². The van der Waals surface area contributed by atoms with Gasteiger partial charge in [0, 0.05) is 30.3 Å². The molecule has 1 fully saturated rings. The first-order chi connectivity index (χ1) is 9.17. The van der Waals surface area contributed by atoms with E-state index in [1.807, 2.05) is 6.07 Å². The third-order valence-corrected chi connectivity index (χ3v) is 3.70. The van der Waals surface area contributed by atoms with Gasteiger partial charge in [0.2, 0.25) is 11.5 Å². The highest BCUT2D eigenvalue weighted by Crippen LogP contribution is 2.25. The zero-order valence-electron chi connectivity index (χ0n) is 10.1. The SMILES string of the molecule is O=C1CC(CCl)CN1c1ccc2ccc(=O)[nH]c2n1. The number of halogens is 1. The molecule has 1 saturated heterocycles. The molecular formula is C13H12ClN3O2. The number of aromatic amines is 1. The minimum Gasteiger partial charge on any atom is -0.307 e. The summed E-state index contributed by atoms with van der Waals surface area (Å²) in [6.07, 6.45) is 0.453. The highest BCUT2D eigenvalue weighted by Gasteiger charge is 2.30. The number of amides is 1. The fourth-order valence-electron chi connectivity index (χ4n) is 2.27. The Kier molecular flexibility index (Phi) is 2.98. The monoisotopic (exact) mass is 277 g/mol. The molecule has 1 unspecified atom stereocenters. The summed E-state index contributed by atoms with van der Waals surface area (Å²) >= 11 is 5.79. The van der Waals surface area contributed by atoms with Crippen LogP contribution in [0.15, 0.2) is 29.1 Å². The van der Waals surface area contributed by atoms with Gasteiger partial charge in [-0.2, -0.15) is 0 Å². The highest BCUT2D eigenvalue weighted by atomic mass is 35.5. The number of carbonyl (C=O) groups is 1. The lowest BCUT2D eigenvalue weighted by atomic mass is 10.1. The van der Waals surface area contributed by atoms with Crippen molar-refractivity contribution in [1.82, 2.24) is 9.97 Å². The van der Waals surface area contributed by atoms with E-state index in [9.17, 15) is 9.59 Å². The molecule has 2 aromatic rings. The number of H-pyrrole nitrogens is 1. The molecule has 0 bridgehead atoms. The summed E-state index contributed by atoms with van der Waals surface area (Å²) < 4.78 is 0. The molecule has 19 heavy (non-hydrogen) atoms. The first-order valence-corrected chi connectivity index (χ1v) is 6.57. The zero-order chi connectivity index (χ0) is 13.4. The van der Waals surface area contributed by atoms with Crippen molar-refractivity contribution >= 4 is 34.4 Å². The van der Waals surface area contributed by atoms with Crippen LogP contribution < -0.4 is 10.5 Å². The number of hydrogen-bond donors (Lipinski definition) is 1. The second kappa shape index (κ2) is 4.66. The average molecular weight is 278 g/mol. The van der Waals surface area contributed by atoms with E-state index >= 15 is 0 Å². The Hall–Kier alpha value is -1.88. The van der Waals surface area contributed by atoms with Gasteiger partial charge in [0.15, 0.2) is 0 Å². The third-order valence-electron chi connectivity index (χ3n) is 3.27. The minimum atomic E-state index is -0.205. The summed E-state index contributed by atoms with van der Waals surface area (Å²) in [5.74, 6) is 1.22. The summed E-state index contributed by atoms with van der Waals surface area (Å²) in [6, 6.07) is 6.79. The van der Waals surface area contributed by atoms with Crippen molar-refractivity contribution in [3.63, 3.8) is 0 Å². The van der Waals surface area contributed by atoms with Crippen LogP contribution in [0, 0.1) is 5.92 Å². The van der Waals surface area contributed by atoms with Crippen molar-refractivity contribution in [1.29, 1.82) is 0 Å². The van der Waals surface area contributed by atoms with Gasteiger partial charge < -0.3 is 4.98 Å². The maximum Gasteiger partial charge on any atom is 0.249 e. The second-order valence-electron chi connectivity index (χ2n) is 4.66. The molecule has 1 aliphatic heterocycles. The average Bonchev–Trinajstić information content (AvgIpc) is 2.79. The van der Waals surface area contributed by atoms with Crippen molar-refractivity contribution in [2.24, 2.45) is 5.92 Å². The second-order valence-corrected chi connectivity index (χ2v) is 4.97. The molecule has 6 heteroatoms. The number of aromatic nitrogens is 2. The van der Waals surface area contributed by atoms with Gasteiger partial charge in [-0.15, -0.1) is 11.6 Å². The fraction of sp³-hybridized carbons (Fsp3) is 0.308. The van der Waals surface area contributed by atoms with Crippen LogP contribution in [0.4, 0.5) is 5.82 Å². The van der Waals surface area contributed by atoms with E-state index in [1.165, 1.54) is 6.07 Å². The van der Waals surface area contributed by atoms with E-state index in [4.69, 9.17) is 11.6 Å². The van der Waals surface area contributed by atoms with Crippen LogP contribution in [0.5, 0.6) is 0 Å². The van der Waals surface area contributed by atoms with Crippen molar-refractivity contribution in [3.8, 4) is 0 Å². The quantitative estimate of drug-likeness (QED) is 0.846.